The summed E-state index contributed by atoms with van der Waals surface area (Å²) in [6, 6.07) is 0. The molecule has 0 saturated heterocycles. The molecule has 0 radical (unpaired) electrons. The number of thiol groups is 4. The lowest BCUT2D eigenvalue weighted by atomic mass is 10.5. The van der Waals surface area contributed by atoms with E-state index in [-0.39, 0.29) is 0 Å². The average Bonchev–Trinajstić information content (AvgIpc) is 2.19. The molecular weight excluding hydrogens is 276 g/mol. The van der Waals surface area contributed by atoms with Crippen LogP contribution in [0.5, 0.6) is 0 Å². The Morgan fingerprint density at radius 2 is 1.00 bits per heavy atom. The first kappa shape index (κ1) is 15.1. The van der Waals surface area contributed by atoms with Gasteiger partial charge >= 0.3 is 0 Å². The molecule has 0 saturated carbocycles. The first-order chi connectivity index (χ1) is 6.28. The van der Waals surface area contributed by atoms with Crippen molar-refractivity contribution < 1.29 is 0 Å². The van der Waals surface area contributed by atoms with Gasteiger partial charge in [-0.1, -0.05) is 0 Å². The molecule has 80 valence electrons. The molecule has 0 aliphatic heterocycles. The summed E-state index contributed by atoms with van der Waals surface area (Å²) in [6.45, 7) is 0. The van der Waals surface area contributed by atoms with Crippen LogP contribution in [0.3, 0.4) is 0 Å². The summed E-state index contributed by atoms with van der Waals surface area (Å²) in [6.07, 6.45) is 0. The zero-order chi connectivity index (χ0) is 10.1. The van der Waals surface area contributed by atoms with Gasteiger partial charge in [-0.15, -0.1) is 23.5 Å². The van der Waals surface area contributed by atoms with Gasteiger partial charge in [0.05, 0.1) is 0 Å². The van der Waals surface area contributed by atoms with Gasteiger partial charge in [-0.05, 0) is 0 Å². The Morgan fingerprint density at radius 3 is 1.23 bits per heavy atom. The second kappa shape index (κ2) is 10.6. The van der Waals surface area contributed by atoms with Gasteiger partial charge in [0.2, 0.25) is 0 Å². The van der Waals surface area contributed by atoms with Crippen LogP contribution in [0.4, 0.5) is 0 Å². The number of thioether (sulfide) groups is 2. The van der Waals surface area contributed by atoms with Crippen LogP contribution in [0.2, 0.25) is 0 Å². The fourth-order valence-electron chi connectivity index (χ4n) is 0.558. The van der Waals surface area contributed by atoms with Crippen molar-refractivity contribution in [2.75, 3.05) is 28.1 Å². The predicted molar refractivity (Wildman–Crippen MR) is 83.0 cm³/mol. The van der Waals surface area contributed by atoms with Crippen LogP contribution in [-0.4, -0.2) is 38.6 Å². The van der Waals surface area contributed by atoms with Crippen LogP contribution >= 0.6 is 74.0 Å². The van der Waals surface area contributed by atoms with Crippen molar-refractivity contribution in [1.29, 1.82) is 0 Å². The van der Waals surface area contributed by atoms with E-state index >= 15 is 0 Å². The lowest BCUT2D eigenvalue weighted by molar-refractivity contribution is 1.15. The molecule has 0 aliphatic carbocycles. The van der Waals surface area contributed by atoms with Crippen molar-refractivity contribution in [3.8, 4) is 0 Å². The Balaban J connectivity index is 3.41. The molecule has 0 aromatic heterocycles. The standard InChI is InChI=1S/C7H16S6/c8-1-6(2-9)12-5-13-7(3-10)4-11/h6-11H,1-5H2. The molecule has 0 aromatic carbocycles. The lowest BCUT2D eigenvalue weighted by Gasteiger charge is -2.14. The quantitative estimate of drug-likeness (QED) is 0.401. The molecule has 0 rings (SSSR count). The van der Waals surface area contributed by atoms with E-state index in [0.29, 0.717) is 10.5 Å². The summed E-state index contributed by atoms with van der Waals surface area (Å²) in [4.78, 5) is 0. The molecule has 0 bridgehead atoms. The molecular formula is C7H16S6. The first-order valence-electron chi connectivity index (χ1n) is 3.95. The topological polar surface area (TPSA) is 0 Å². The normalized spacial score (nSPS) is 11.5. The SMILES string of the molecule is SCC(CS)SCSC(CS)CS. The van der Waals surface area contributed by atoms with Gasteiger partial charge < -0.3 is 0 Å². The summed E-state index contributed by atoms with van der Waals surface area (Å²) < 4.78 is 0. The Hall–Kier alpha value is 2.10. The highest BCUT2D eigenvalue weighted by atomic mass is 32.2. The van der Waals surface area contributed by atoms with Crippen LogP contribution in [0.25, 0.3) is 0 Å². The van der Waals surface area contributed by atoms with Gasteiger partial charge in [-0.25, -0.2) is 0 Å². The van der Waals surface area contributed by atoms with Crippen LogP contribution < -0.4 is 0 Å². The summed E-state index contributed by atoms with van der Waals surface area (Å²) in [5.41, 5.74) is 0. The summed E-state index contributed by atoms with van der Waals surface area (Å²) in [7, 11) is 0. The van der Waals surface area contributed by atoms with Gasteiger partial charge in [0.25, 0.3) is 0 Å². The fourth-order valence-corrected chi connectivity index (χ4v) is 5.02. The third-order valence-electron chi connectivity index (χ3n) is 1.42. The van der Waals surface area contributed by atoms with E-state index in [4.69, 9.17) is 0 Å². The van der Waals surface area contributed by atoms with Gasteiger partial charge in [-0.3, -0.25) is 0 Å². The number of hydrogen-bond acceptors (Lipinski definition) is 6. The molecule has 13 heavy (non-hydrogen) atoms. The van der Waals surface area contributed by atoms with Crippen LogP contribution in [0.15, 0.2) is 0 Å². The second-order valence-corrected chi connectivity index (χ2v) is 6.83. The number of hydrogen-bond donors (Lipinski definition) is 4. The monoisotopic (exact) mass is 292 g/mol. The van der Waals surface area contributed by atoms with Gasteiger partial charge in [-0.2, -0.15) is 50.5 Å². The maximum Gasteiger partial charge on any atom is 0.0398 e. The van der Waals surface area contributed by atoms with Crippen molar-refractivity contribution in [1.82, 2.24) is 0 Å². The first-order valence-corrected chi connectivity index (χ1v) is 8.57. The zero-order valence-electron chi connectivity index (χ0n) is 7.30. The van der Waals surface area contributed by atoms with Gasteiger partial charge in [0.15, 0.2) is 0 Å². The van der Waals surface area contributed by atoms with Crippen molar-refractivity contribution in [2.45, 2.75) is 10.5 Å². The van der Waals surface area contributed by atoms with E-state index < -0.39 is 0 Å². The van der Waals surface area contributed by atoms with Crippen LogP contribution in [0, 0.1) is 0 Å². The highest BCUT2D eigenvalue weighted by Gasteiger charge is 2.08. The van der Waals surface area contributed by atoms with Crippen molar-refractivity contribution in [3.05, 3.63) is 0 Å². The second-order valence-electron chi connectivity index (χ2n) is 2.43. The van der Waals surface area contributed by atoms with E-state index in [1.165, 1.54) is 0 Å². The van der Waals surface area contributed by atoms with E-state index in [2.05, 4.69) is 50.5 Å². The molecule has 0 unspecified atom stereocenters. The molecule has 0 aromatic rings. The third-order valence-corrected chi connectivity index (χ3v) is 6.87. The molecule has 0 heterocycles. The molecule has 0 fully saturated rings. The summed E-state index contributed by atoms with van der Waals surface area (Å²) in [5, 5.41) is 2.23. The maximum absolute atomic E-state index is 4.26. The smallest absolute Gasteiger partial charge is 0.0398 e. The Bertz CT molecular complexity index is 89.2. The van der Waals surface area contributed by atoms with E-state index in [9.17, 15) is 0 Å². The minimum Gasteiger partial charge on any atom is -0.178 e. The van der Waals surface area contributed by atoms with E-state index in [1.54, 1.807) is 0 Å². The Kier molecular flexibility index (Phi) is 12.3. The van der Waals surface area contributed by atoms with E-state index in [0.717, 1.165) is 28.1 Å². The van der Waals surface area contributed by atoms with Gasteiger partial charge in [0, 0.05) is 38.6 Å². The molecule has 6 heteroatoms. The minimum absolute atomic E-state index is 0.569. The Labute approximate surface area is 112 Å². The van der Waals surface area contributed by atoms with Crippen molar-refractivity contribution in [3.63, 3.8) is 0 Å². The predicted octanol–water partition coefficient (Wildman–Crippen LogP) is 2.87. The largest absolute Gasteiger partial charge is 0.178 e. The molecule has 0 aliphatic rings. The average molecular weight is 293 g/mol. The molecule has 0 amide bonds. The van der Waals surface area contributed by atoms with Crippen molar-refractivity contribution >= 4 is 74.0 Å². The molecule has 0 nitrogen and oxygen atoms in total. The summed E-state index contributed by atoms with van der Waals surface area (Å²) in [5.74, 6) is 3.62. The lowest BCUT2D eigenvalue weighted by Crippen LogP contribution is -2.10. The van der Waals surface area contributed by atoms with Crippen molar-refractivity contribution in [2.24, 2.45) is 0 Å². The van der Waals surface area contributed by atoms with Crippen LogP contribution in [0.1, 0.15) is 0 Å². The molecule has 0 atom stereocenters. The zero-order valence-corrected chi connectivity index (χ0v) is 12.5. The number of rotatable bonds is 8. The molecule has 0 N–H and O–H groups in total. The molecule has 0 spiro atoms. The van der Waals surface area contributed by atoms with Crippen LogP contribution in [-0.2, 0) is 0 Å². The highest BCUT2D eigenvalue weighted by molar-refractivity contribution is 8.17. The fraction of sp³-hybridized carbons (Fsp3) is 1.00. The summed E-state index contributed by atoms with van der Waals surface area (Å²) >= 11 is 20.9. The third kappa shape index (κ3) is 7.96. The maximum atomic E-state index is 4.26. The Morgan fingerprint density at radius 1 is 0.692 bits per heavy atom. The van der Waals surface area contributed by atoms with E-state index in [1.807, 2.05) is 23.5 Å². The highest BCUT2D eigenvalue weighted by Crippen LogP contribution is 2.24. The van der Waals surface area contributed by atoms with Gasteiger partial charge in [0.1, 0.15) is 0 Å². The minimum atomic E-state index is 0.569.